The van der Waals surface area contributed by atoms with Crippen LogP contribution in [-0.2, 0) is 16.6 Å². The summed E-state index contributed by atoms with van der Waals surface area (Å²) in [6.45, 7) is 0.229. The number of H-pyrrole nitrogens is 1. The number of pyridine rings is 1. The highest BCUT2D eigenvalue weighted by Gasteiger charge is 2.27. The van der Waals surface area contributed by atoms with Crippen molar-refractivity contribution >= 4 is 50.0 Å². The molecule has 0 aliphatic rings. The van der Waals surface area contributed by atoms with Gasteiger partial charge >= 0.3 is 0 Å². The van der Waals surface area contributed by atoms with E-state index in [0.29, 0.717) is 26.5 Å². The van der Waals surface area contributed by atoms with Crippen LogP contribution in [0.2, 0.25) is 10.0 Å². The molecule has 0 saturated heterocycles. The van der Waals surface area contributed by atoms with Gasteiger partial charge in [-0.05, 0) is 48.0 Å². The molecule has 2 aromatic carbocycles. The molecule has 32 heavy (non-hydrogen) atoms. The SMILES string of the molecule is CS(=O)(=O)NC(=O)c1c(-c2ccc[nH]c2=O)c2cc(Cl)ccc2n1Cc1ccc(Cl)cc1. The van der Waals surface area contributed by atoms with E-state index in [0.717, 1.165) is 11.8 Å². The summed E-state index contributed by atoms with van der Waals surface area (Å²) in [5.74, 6) is -0.855. The van der Waals surface area contributed by atoms with Gasteiger partial charge in [-0.1, -0.05) is 35.3 Å². The minimum absolute atomic E-state index is 0.0272. The van der Waals surface area contributed by atoms with Crippen molar-refractivity contribution in [1.29, 1.82) is 0 Å². The van der Waals surface area contributed by atoms with Crippen LogP contribution in [0.4, 0.5) is 0 Å². The fraction of sp³-hybridized carbons (Fsp3) is 0.0909. The Morgan fingerprint density at radius 1 is 1.06 bits per heavy atom. The van der Waals surface area contributed by atoms with Crippen LogP contribution in [0.15, 0.2) is 65.6 Å². The number of carbonyl (C=O) groups excluding carboxylic acids is 1. The first-order valence-electron chi connectivity index (χ1n) is 9.40. The van der Waals surface area contributed by atoms with Gasteiger partial charge in [-0.2, -0.15) is 0 Å². The zero-order valence-corrected chi connectivity index (χ0v) is 19.1. The molecule has 2 N–H and O–H groups in total. The molecule has 4 aromatic rings. The lowest BCUT2D eigenvalue weighted by Gasteiger charge is -2.12. The van der Waals surface area contributed by atoms with Crippen molar-refractivity contribution in [1.82, 2.24) is 14.3 Å². The first kappa shape index (κ1) is 22.1. The molecular formula is C22H17Cl2N3O4S. The lowest BCUT2D eigenvalue weighted by molar-refractivity contribution is 0.0974. The van der Waals surface area contributed by atoms with Crippen molar-refractivity contribution in [2.24, 2.45) is 0 Å². The highest BCUT2D eigenvalue weighted by molar-refractivity contribution is 7.89. The lowest BCUT2D eigenvalue weighted by Crippen LogP contribution is -2.31. The summed E-state index contributed by atoms with van der Waals surface area (Å²) in [5.41, 5.74) is 1.54. The fourth-order valence-corrected chi connectivity index (χ4v) is 4.34. The van der Waals surface area contributed by atoms with Crippen LogP contribution in [-0.4, -0.2) is 30.1 Å². The normalized spacial score (nSPS) is 11.6. The van der Waals surface area contributed by atoms with Gasteiger partial charge in [0.15, 0.2) is 0 Å². The molecule has 0 unspecified atom stereocenters. The topological polar surface area (TPSA) is 101 Å². The number of hydrogen-bond donors (Lipinski definition) is 2. The summed E-state index contributed by atoms with van der Waals surface area (Å²) in [6.07, 6.45) is 2.37. The number of sulfonamides is 1. The summed E-state index contributed by atoms with van der Waals surface area (Å²) < 4.78 is 27.4. The van der Waals surface area contributed by atoms with Crippen molar-refractivity contribution in [3.63, 3.8) is 0 Å². The van der Waals surface area contributed by atoms with Gasteiger partial charge in [0.1, 0.15) is 5.69 Å². The molecule has 0 saturated carbocycles. The number of halogens is 2. The van der Waals surface area contributed by atoms with Gasteiger partial charge in [0.05, 0.1) is 6.26 Å². The highest BCUT2D eigenvalue weighted by Crippen LogP contribution is 2.36. The predicted octanol–water partition coefficient (Wildman–Crippen LogP) is 4.04. The molecule has 0 radical (unpaired) electrons. The lowest BCUT2D eigenvalue weighted by atomic mass is 10.0. The van der Waals surface area contributed by atoms with E-state index in [1.54, 1.807) is 59.2 Å². The molecule has 10 heteroatoms. The van der Waals surface area contributed by atoms with Crippen LogP contribution in [0.1, 0.15) is 16.1 Å². The Balaban J connectivity index is 2.07. The van der Waals surface area contributed by atoms with Crippen LogP contribution in [0.25, 0.3) is 22.0 Å². The second-order valence-corrected chi connectivity index (χ2v) is 9.84. The Hall–Kier alpha value is -3.07. The molecule has 0 fully saturated rings. The van der Waals surface area contributed by atoms with Crippen molar-refractivity contribution in [3.8, 4) is 11.1 Å². The molecule has 164 valence electrons. The Kier molecular flexibility index (Phi) is 5.85. The van der Waals surface area contributed by atoms with Gasteiger partial charge < -0.3 is 9.55 Å². The standard InChI is InChI=1S/C22H17Cl2N3O4S/c1-32(30,31)26-22(29)20-19(16-3-2-10-25-21(16)28)17-11-15(24)8-9-18(17)27(20)12-13-4-6-14(23)7-5-13/h2-11H,12H2,1H3,(H,25,28)(H,26,29). The summed E-state index contributed by atoms with van der Waals surface area (Å²) in [5, 5.41) is 1.51. The van der Waals surface area contributed by atoms with Gasteiger partial charge in [0.25, 0.3) is 11.5 Å². The van der Waals surface area contributed by atoms with Gasteiger partial charge in [-0.25, -0.2) is 13.1 Å². The monoisotopic (exact) mass is 489 g/mol. The first-order valence-corrected chi connectivity index (χ1v) is 12.0. The molecule has 1 amide bonds. The number of fused-ring (bicyclic) bond motifs is 1. The van der Waals surface area contributed by atoms with Crippen LogP contribution in [0.3, 0.4) is 0 Å². The molecule has 2 aromatic heterocycles. The van der Waals surface area contributed by atoms with Crippen LogP contribution in [0, 0.1) is 0 Å². The van der Waals surface area contributed by atoms with Gasteiger partial charge in [-0.15, -0.1) is 0 Å². The maximum absolute atomic E-state index is 13.2. The van der Waals surface area contributed by atoms with Gasteiger partial charge in [-0.3, -0.25) is 9.59 Å². The molecule has 2 heterocycles. The Morgan fingerprint density at radius 3 is 2.41 bits per heavy atom. The van der Waals surface area contributed by atoms with E-state index in [1.807, 2.05) is 4.72 Å². The molecule has 7 nitrogen and oxygen atoms in total. The number of nitrogens with one attached hydrogen (secondary N) is 2. The van der Waals surface area contributed by atoms with Crippen LogP contribution < -0.4 is 10.3 Å². The Bertz CT molecular complexity index is 1510. The molecule has 0 aliphatic carbocycles. The third-order valence-corrected chi connectivity index (χ3v) is 5.90. The van der Waals surface area contributed by atoms with E-state index < -0.39 is 21.5 Å². The number of carbonyl (C=O) groups is 1. The molecule has 0 aliphatic heterocycles. The maximum atomic E-state index is 13.2. The quantitative estimate of drug-likeness (QED) is 0.441. The second-order valence-electron chi connectivity index (χ2n) is 7.21. The van der Waals surface area contributed by atoms with E-state index >= 15 is 0 Å². The van der Waals surface area contributed by atoms with Crippen LogP contribution in [0.5, 0.6) is 0 Å². The fourth-order valence-electron chi connectivity index (χ4n) is 3.61. The minimum atomic E-state index is -3.86. The molecule has 0 bridgehead atoms. The number of aromatic amines is 1. The zero-order valence-electron chi connectivity index (χ0n) is 16.7. The minimum Gasteiger partial charge on any atom is -0.331 e. The van der Waals surface area contributed by atoms with E-state index in [1.165, 1.54) is 6.20 Å². The van der Waals surface area contributed by atoms with Crippen LogP contribution >= 0.6 is 23.2 Å². The number of benzene rings is 2. The maximum Gasteiger partial charge on any atom is 0.282 e. The number of hydrogen-bond acceptors (Lipinski definition) is 4. The predicted molar refractivity (Wildman–Crippen MR) is 126 cm³/mol. The number of amides is 1. The average molecular weight is 490 g/mol. The second kappa shape index (κ2) is 8.46. The van der Waals surface area contributed by atoms with E-state index in [9.17, 15) is 18.0 Å². The van der Waals surface area contributed by atoms with Crippen molar-refractivity contribution in [2.75, 3.05) is 6.26 Å². The molecule has 4 rings (SSSR count). The molecular weight excluding hydrogens is 473 g/mol. The summed E-state index contributed by atoms with van der Waals surface area (Å²) in [7, 11) is -3.86. The third kappa shape index (κ3) is 4.43. The summed E-state index contributed by atoms with van der Waals surface area (Å²) >= 11 is 12.2. The van der Waals surface area contributed by atoms with Crippen molar-refractivity contribution in [3.05, 3.63) is 92.5 Å². The Labute approximate surface area is 193 Å². The number of nitrogens with zero attached hydrogens (tertiary/aromatic N) is 1. The summed E-state index contributed by atoms with van der Waals surface area (Å²) in [6, 6.07) is 15.3. The third-order valence-electron chi connectivity index (χ3n) is 4.86. The largest absolute Gasteiger partial charge is 0.331 e. The number of rotatable bonds is 5. The van der Waals surface area contributed by atoms with E-state index in [-0.39, 0.29) is 17.8 Å². The summed E-state index contributed by atoms with van der Waals surface area (Å²) in [4.78, 5) is 28.5. The van der Waals surface area contributed by atoms with Crippen molar-refractivity contribution < 1.29 is 13.2 Å². The highest BCUT2D eigenvalue weighted by atomic mass is 35.5. The number of aromatic nitrogens is 2. The van der Waals surface area contributed by atoms with Crippen molar-refractivity contribution in [2.45, 2.75) is 6.54 Å². The van der Waals surface area contributed by atoms with E-state index in [2.05, 4.69) is 4.98 Å². The van der Waals surface area contributed by atoms with Gasteiger partial charge in [0, 0.05) is 44.8 Å². The Morgan fingerprint density at radius 2 is 1.75 bits per heavy atom. The average Bonchev–Trinajstić information content (AvgIpc) is 3.02. The molecule has 0 spiro atoms. The first-order chi connectivity index (χ1) is 15.1. The molecule has 0 atom stereocenters. The smallest absolute Gasteiger partial charge is 0.282 e. The van der Waals surface area contributed by atoms with E-state index in [4.69, 9.17) is 23.2 Å². The van der Waals surface area contributed by atoms with Gasteiger partial charge in [0.2, 0.25) is 10.0 Å². The zero-order chi connectivity index (χ0) is 23.0.